The van der Waals surface area contributed by atoms with E-state index in [9.17, 15) is 19.8 Å². The van der Waals surface area contributed by atoms with E-state index in [2.05, 4.69) is 4.98 Å². The quantitative estimate of drug-likeness (QED) is 0.622. The Bertz CT molecular complexity index is 591. The van der Waals surface area contributed by atoms with Gasteiger partial charge in [-0.15, -0.1) is 11.6 Å². The molecule has 0 bridgehead atoms. The lowest BCUT2D eigenvalue weighted by atomic mass is 10.00. The maximum Gasteiger partial charge on any atom is 0.330 e. The van der Waals surface area contributed by atoms with Crippen LogP contribution in [0.1, 0.15) is 6.23 Å². The Hall–Kier alpha value is -0.800. The van der Waals surface area contributed by atoms with Crippen LogP contribution >= 0.6 is 23.4 Å². The predicted octanol–water partition coefficient (Wildman–Crippen LogP) is -0.872. The fourth-order valence-electron chi connectivity index (χ4n) is 2.20. The third kappa shape index (κ3) is 2.53. The molecule has 0 unspecified atom stereocenters. The number of alkyl halides is 1. The molecule has 112 valence electrons. The van der Waals surface area contributed by atoms with E-state index in [0.717, 1.165) is 10.6 Å². The first-order valence-electron chi connectivity index (χ1n) is 5.86. The summed E-state index contributed by atoms with van der Waals surface area (Å²) in [7, 11) is 0. The second kappa shape index (κ2) is 5.90. The predicted molar refractivity (Wildman–Crippen MR) is 75.3 cm³/mol. The summed E-state index contributed by atoms with van der Waals surface area (Å²) < 4.78 is 6.76. The highest BCUT2D eigenvalue weighted by molar-refractivity contribution is 7.98. The van der Waals surface area contributed by atoms with Gasteiger partial charge in [0.15, 0.2) is 6.23 Å². The van der Waals surface area contributed by atoms with Crippen molar-refractivity contribution in [3.8, 4) is 0 Å². The number of ether oxygens (including phenoxy) is 1. The minimum atomic E-state index is -1.23. The lowest BCUT2D eigenvalue weighted by Crippen LogP contribution is -2.47. The SMILES string of the molecule is CSC[C@]1(CO)O[C@@H](n2ccc(=O)[nH]c2=O)[C@@H](Cl)[C@@H]1O. The van der Waals surface area contributed by atoms with Crippen molar-refractivity contribution >= 4 is 23.4 Å². The van der Waals surface area contributed by atoms with Gasteiger partial charge in [0.2, 0.25) is 0 Å². The first kappa shape index (κ1) is 15.6. The molecular weight excluding hydrogens is 308 g/mol. The van der Waals surface area contributed by atoms with E-state index >= 15 is 0 Å². The number of thioether (sulfide) groups is 1. The molecule has 1 saturated heterocycles. The highest BCUT2D eigenvalue weighted by atomic mass is 35.5. The lowest BCUT2D eigenvalue weighted by Gasteiger charge is -2.29. The number of H-pyrrole nitrogens is 1. The zero-order valence-corrected chi connectivity index (χ0v) is 12.2. The summed E-state index contributed by atoms with van der Waals surface area (Å²) in [5.74, 6) is 0.322. The van der Waals surface area contributed by atoms with Crippen LogP contribution in [0, 0.1) is 0 Å². The molecule has 7 nitrogen and oxygen atoms in total. The molecule has 2 rings (SSSR count). The summed E-state index contributed by atoms with van der Waals surface area (Å²) in [5, 5.41) is 18.8. The zero-order chi connectivity index (χ0) is 14.9. The zero-order valence-electron chi connectivity index (χ0n) is 10.7. The molecule has 0 spiro atoms. The van der Waals surface area contributed by atoms with Crippen LogP contribution < -0.4 is 11.2 Å². The van der Waals surface area contributed by atoms with Crippen molar-refractivity contribution in [2.75, 3.05) is 18.6 Å². The minimum absolute atomic E-state index is 0.322. The Morgan fingerprint density at radius 1 is 1.60 bits per heavy atom. The summed E-state index contributed by atoms with van der Waals surface area (Å²) in [5.41, 5.74) is -2.45. The average Bonchev–Trinajstić information content (AvgIpc) is 2.65. The molecule has 4 atom stereocenters. The van der Waals surface area contributed by atoms with Crippen molar-refractivity contribution in [2.45, 2.75) is 23.3 Å². The van der Waals surface area contributed by atoms with Crippen LogP contribution in [-0.2, 0) is 4.74 Å². The van der Waals surface area contributed by atoms with Gasteiger partial charge in [0, 0.05) is 18.0 Å². The van der Waals surface area contributed by atoms with E-state index in [1.54, 1.807) is 6.26 Å². The lowest BCUT2D eigenvalue weighted by molar-refractivity contribution is -0.113. The van der Waals surface area contributed by atoms with Crippen molar-refractivity contribution in [2.24, 2.45) is 0 Å². The van der Waals surface area contributed by atoms with Gasteiger partial charge in [-0.05, 0) is 6.26 Å². The largest absolute Gasteiger partial charge is 0.393 e. The molecule has 1 aromatic rings. The highest BCUT2D eigenvalue weighted by Gasteiger charge is 2.54. The minimum Gasteiger partial charge on any atom is -0.393 e. The second-order valence-electron chi connectivity index (χ2n) is 4.57. The summed E-state index contributed by atoms with van der Waals surface area (Å²) in [6.07, 6.45) is 0.956. The van der Waals surface area contributed by atoms with Gasteiger partial charge in [-0.1, -0.05) is 0 Å². The molecular formula is C11H15ClN2O5S. The van der Waals surface area contributed by atoms with Gasteiger partial charge < -0.3 is 14.9 Å². The Balaban J connectivity index is 2.39. The van der Waals surface area contributed by atoms with E-state index in [4.69, 9.17) is 16.3 Å². The molecule has 1 fully saturated rings. The number of rotatable bonds is 4. The molecule has 1 aromatic heterocycles. The van der Waals surface area contributed by atoms with Gasteiger partial charge >= 0.3 is 5.69 Å². The first-order valence-corrected chi connectivity index (χ1v) is 7.69. The van der Waals surface area contributed by atoms with E-state index in [0.29, 0.717) is 5.75 Å². The fourth-order valence-corrected chi connectivity index (χ4v) is 3.42. The molecule has 9 heteroatoms. The van der Waals surface area contributed by atoms with Gasteiger partial charge in [-0.2, -0.15) is 11.8 Å². The van der Waals surface area contributed by atoms with E-state index < -0.39 is 41.2 Å². The van der Waals surface area contributed by atoms with Gasteiger partial charge in [0.1, 0.15) is 17.1 Å². The third-order valence-electron chi connectivity index (χ3n) is 3.25. The molecule has 0 saturated carbocycles. The number of hydrogen-bond acceptors (Lipinski definition) is 6. The first-order chi connectivity index (χ1) is 9.45. The standard InChI is InChI=1S/C11H15ClN2O5S/c1-20-5-11(4-15)8(17)7(12)9(19-11)14-3-2-6(16)13-10(14)18/h2-3,7-9,15,17H,4-5H2,1H3,(H,13,16,18)/t7-,8-,9+,11-/m0/s1. The van der Waals surface area contributed by atoms with Gasteiger partial charge in [0.25, 0.3) is 5.56 Å². The average molecular weight is 323 g/mol. The fraction of sp³-hybridized carbons (Fsp3) is 0.636. The number of nitrogens with one attached hydrogen (secondary N) is 1. The van der Waals surface area contributed by atoms with Gasteiger partial charge in [-0.3, -0.25) is 14.3 Å². The maximum atomic E-state index is 11.8. The molecule has 1 aliphatic rings. The van der Waals surface area contributed by atoms with E-state index in [-0.39, 0.29) is 0 Å². The van der Waals surface area contributed by atoms with E-state index in [1.807, 2.05) is 0 Å². The van der Waals surface area contributed by atoms with Crippen molar-refractivity contribution in [1.29, 1.82) is 0 Å². The van der Waals surface area contributed by atoms with Crippen molar-refractivity contribution in [3.05, 3.63) is 33.1 Å². The molecule has 0 aliphatic carbocycles. The number of hydrogen-bond donors (Lipinski definition) is 3. The van der Waals surface area contributed by atoms with Crippen LogP contribution in [0.15, 0.2) is 21.9 Å². The van der Waals surface area contributed by atoms with Crippen LogP contribution in [0.5, 0.6) is 0 Å². The molecule has 1 aliphatic heterocycles. The molecule has 20 heavy (non-hydrogen) atoms. The van der Waals surface area contributed by atoms with Gasteiger partial charge in [-0.25, -0.2) is 4.79 Å². The Labute approximate surface area is 123 Å². The highest BCUT2D eigenvalue weighted by Crippen LogP contribution is 2.40. The number of aliphatic hydroxyl groups is 2. The van der Waals surface area contributed by atoms with Gasteiger partial charge in [0.05, 0.1) is 6.61 Å². The molecule has 0 amide bonds. The maximum absolute atomic E-state index is 11.8. The second-order valence-corrected chi connectivity index (χ2v) is 5.94. The summed E-state index contributed by atoms with van der Waals surface area (Å²) in [6.45, 7) is -0.424. The Morgan fingerprint density at radius 2 is 2.30 bits per heavy atom. The van der Waals surface area contributed by atoms with Crippen molar-refractivity contribution in [1.82, 2.24) is 9.55 Å². The number of aromatic amines is 1. The smallest absolute Gasteiger partial charge is 0.330 e. The van der Waals surface area contributed by atoms with Crippen LogP contribution in [0.25, 0.3) is 0 Å². The molecule has 3 N–H and O–H groups in total. The molecule has 0 radical (unpaired) electrons. The van der Waals surface area contributed by atoms with Crippen LogP contribution in [0.2, 0.25) is 0 Å². The summed E-state index contributed by atoms with van der Waals surface area (Å²) >= 11 is 7.51. The van der Waals surface area contributed by atoms with Crippen LogP contribution in [0.4, 0.5) is 0 Å². The molecule has 0 aromatic carbocycles. The van der Waals surface area contributed by atoms with Crippen molar-refractivity contribution in [3.63, 3.8) is 0 Å². The summed E-state index contributed by atoms with van der Waals surface area (Å²) in [6, 6.07) is 1.16. The van der Waals surface area contributed by atoms with Crippen LogP contribution in [-0.4, -0.2) is 55.5 Å². The Kier molecular flexibility index (Phi) is 4.60. The molecule has 2 heterocycles. The monoisotopic (exact) mass is 322 g/mol. The van der Waals surface area contributed by atoms with E-state index in [1.165, 1.54) is 18.0 Å². The number of halogens is 1. The normalized spacial score (nSPS) is 33.5. The van der Waals surface area contributed by atoms with Crippen molar-refractivity contribution < 1.29 is 14.9 Å². The van der Waals surface area contributed by atoms with Crippen LogP contribution in [0.3, 0.4) is 0 Å². The topological polar surface area (TPSA) is 105 Å². The Morgan fingerprint density at radius 3 is 2.85 bits per heavy atom. The third-order valence-corrected chi connectivity index (χ3v) is 4.48. The number of nitrogens with zero attached hydrogens (tertiary/aromatic N) is 1. The number of aromatic nitrogens is 2. The number of aliphatic hydroxyl groups excluding tert-OH is 2. The summed E-state index contributed by atoms with van der Waals surface area (Å²) in [4.78, 5) is 24.9.